The topological polar surface area (TPSA) is 39.4 Å². The van der Waals surface area contributed by atoms with Gasteiger partial charge in [-0.15, -0.1) is 0 Å². The fourth-order valence-corrected chi connectivity index (χ4v) is 1.48. The molecular weight excluding hydrogens is 216 g/mol. The highest BCUT2D eigenvalue weighted by Crippen LogP contribution is 2.21. The average Bonchev–Trinajstić information content (AvgIpc) is 2.91. The van der Waals surface area contributed by atoms with Gasteiger partial charge in [0.2, 0.25) is 5.78 Å². The van der Waals surface area contributed by atoms with Crippen molar-refractivity contribution < 1.29 is 13.9 Å². The van der Waals surface area contributed by atoms with E-state index in [0.29, 0.717) is 11.3 Å². The van der Waals surface area contributed by atoms with Gasteiger partial charge in [0.15, 0.2) is 5.76 Å². The molecule has 0 aliphatic carbocycles. The quantitative estimate of drug-likeness (QED) is 0.596. The summed E-state index contributed by atoms with van der Waals surface area (Å²) in [6.07, 6.45) is 1.47. The van der Waals surface area contributed by atoms with Gasteiger partial charge >= 0.3 is 0 Å². The van der Waals surface area contributed by atoms with Crippen LogP contribution in [0.4, 0.5) is 0 Å². The predicted molar refractivity (Wildman–Crippen MR) is 65.1 cm³/mol. The van der Waals surface area contributed by atoms with Crippen molar-refractivity contribution in [3.05, 3.63) is 60.6 Å². The Morgan fingerprint density at radius 1 is 1.24 bits per heavy atom. The van der Waals surface area contributed by atoms with E-state index in [1.54, 1.807) is 43.5 Å². The molecule has 0 bridgehead atoms. The normalized spacial score (nSPS) is 9.94. The van der Waals surface area contributed by atoms with E-state index in [-0.39, 0.29) is 5.78 Å². The third-order valence-electron chi connectivity index (χ3n) is 2.46. The number of benzene rings is 1. The SMILES string of the molecule is C=C(C(=O)c1ccco1)c1ccc(OC)cc1. The van der Waals surface area contributed by atoms with Gasteiger partial charge in [-0.25, -0.2) is 0 Å². The van der Waals surface area contributed by atoms with Gasteiger partial charge in [-0.2, -0.15) is 0 Å². The molecule has 0 atom stereocenters. The lowest BCUT2D eigenvalue weighted by atomic mass is 10.0. The van der Waals surface area contributed by atoms with Crippen LogP contribution in [0.5, 0.6) is 5.75 Å². The van der Waals surface area contributed by atoms with E-state index in [1.165, 1.54) is 6.26 Å². The van der Waals surface area contributed by atoms with Gasteiger partial charge in [0.25, 0.3) is 0 Å². The number of hydrogen-bond acceptors (Lipinski definition) is 3. The number of methoxy groups -OCH3 is 1. The largest absolute Gasteiger partial charge is 0.497 e. The second kappa shape index (κ2) is 4.70. The smallest absolute Gasteiger partial charge is 0.228 e. The van der Waals surface area contributed by atoms with Crippen molar-refractivity contribution in [3.8, 4) is 5.75 Å². The van der Waals surface area contributed by atoms with Crippen LogP contribution in [0.15, 0.2) is 53.7 Å². The van der Waals surface area contributed by atoms with Gasteiger partial charge in [-0.3, -0.25) is 4.79 Å². The highest BCUT2D eigenvalue weighted by Gasteiger charge is 2.14. The zero-order valence-electron chi connectivity index (χ0n) is 9.47. The molecule has 3 nitrogen and oxygen atoms in total. The summed E-state index contributed by atoms with van der Waals surface area (Å²) in [5.74, 6) is 0.831. The summed E-state index contributed by atoms with van der Waals surface area (Å²) in [4.78, 5) is 11.9. The van der Waals surface area contributed by atoms with Crippen molar-refractivity contribution in [1.29, 1.82) is 0 Å². The Labute approximate surface area is 99.3 Å². The number of carbonyl (C=O) groups is 1. The summed E-state index contributed by atoms with van der Waals surface area (Å²) in [5.41, 5.74) is 1.16. The number of carbonyl (C=O) groups excluding carboxylic acids is 1. The molecule has 1 heterocycles. The van der Waals surface area contributed by atoms with Gasteiger partial charge in [0.05, 0.1) is 13.4 Å². The van der Waals surface area contributed by atoms with Crippen molar-refractivity contribution in [2.75, 3.05) is 7.11 Å². The molecule has 1 aromatic heterocycles. The van der Waals surface area contributed by atoms with Crippen LogP contribution in [0.1, 0.15) is 16.1 Å². The van der Waals surface area contributed by atoms with Crippen molar-refractivity contribution in [3.63, 3.8) is 0 Å². The molecule has 0 amide bonds. The Balaban J connectivity index is 2.22. The highest BCUT2D eigenvalue weighted by molar-refractivity contribution is 6.27. The van der Waals surface area contributed by atoms with Crippen molar-refractivity contribution in [1.82, 2.24) is 0 Å². The minimum atomic E-state index is -0.208. The van der Waals surface area contributed by atoms with E-state index in [2.05, 4.69) is 6.58 Å². The number of rotatable bonds is 4. The monoisotopic (exact) mass is 228 g/mol. The van der Waals surface area contributed by atoms with E-state index in [9.17, 15) is 4.79 Å². The molecule has 2 aromatic rings. The Bertz CT molecular complexity index is 521. The summed E-state index contributed by atoms with van der Waals surface area (Å²) >= 11 is 0. The first-order chi connectivity index (χ1) is 8.22. The molecule has 0 aliphatic rings. The first kappa shape index (κ1) is 11.2. The Morgan fingerprint density at radius 3 is 2.47 bits per heavy atom. The summed E-state index contributed by atoms with van der Waals surface area (Å²) < 4.78 is 10.1. The standard InChI is InChI=1S/C14H12O3/c1-10(14(15)13-4-3-9-17-13)11-5-7-12(16-2)8-6-11/h3-9H,1H2,2H3. The first-order valence-corrected chi connectivity index (χ1v) is 5.14. The van der Waals surface area contributed by atoms with Crippen LogP contribution in [-0.4, -0.2) is 12.9 Å². The molecule has 2 rings (SSSR count). The molecule has 0 fully saturated rings. The van der Waals surface area contributed by atoms with E-state index in [0.717, 1.165) is 11.3 Å². The van der Waals surface area contributed by atoms with Crippen molar-refractivity contribution in [2.24, 2.45) is 0 Å². The first-order valence-electron chi connectivity index (χ1n) is 5.14. The highest BCUT2D eigenvalue weighted by atomic mass is 16.5. The number of Topliss-reactive ketones (excluding diaryl/α,β-unsaturated/α-hetero) is 1. The molecular formula is C14H12O3. The van der Waals surface area contributed by atoms with Gasteiger partial charge in [0.1, 0.15) is 5.75 Å². The fourth-order valence-electron chi connectivity index (χ4n) is 1.48. The molecule has 86 valence electrons. The summed E-state index contributed by atoms with van der Waals surface area (Å²) in [7, 11) is 1.60. The Hall–Kier alpha value is -2.29. The summed E-state index contributed by atoms with van der Waals surface area (Å²) in [6.45, 7) is 3.79. The fraction of sp³-hybridized carbons (Fsp3) is 0.0714. The van der Waals surface area contributed by atoms with Gasteiger partial charge in [-0.1, -0.05) is 18.7 Å². The third-order valence-corrected chi connectivity index (χ3v) is 2.46. The van der Waals surface area contributed by atoms with Crippen LogP contribution in [-0.2, 0) is 0 Å². The van der Waals surface area contributed by atoms with Crippen molar-refractivity contribution >= 4 is 11.4 Å². The van der Waals surface area contributed by atoms with E-state index in [4.69, 9.17) is 9.15 Å². The molecule has 1 aromatic carbocycles. The van der Waals surface area contributed by atoms with Gasteiger partial charge in [0, 0.05) is 5.57 Å². The van der Waals surface area contributed by atoms with E-state index >= 15 is 0 Å². The minimum absolute atomic E-state index is 0.208. The van der Waals surface area contributed by atoms with Crippen LogP contribution in [0.3, 0.4) is 0 Å². The molecule has 0 saturated heterocycles. The maximum atomic E-state index is 11.9. The molecule has 0 spiro atoms. The van der Waals surface area contributed by atoms with Gasteiger partial charge in [-0.05, 0) is 29.8 Å². The van der Waals surface area contributed by atoms with E-state index in [1.807, 2.05) is 0 Å². The molecule has 0 radical (unpaired) electrons. The van der Waals surface area contributed by atoms with Crippen LogP contribution < -0.4 is 4.74 Å². The summed E-state index contributed by atoms with van der Waals surface area (Å²) in [6, 6.07) is 10.5. The average molecular weight is 228 g/mol. The number of allylic oxidation sites excluding steroid dienone is 1. The zero-order chi connectivity index (χ0) is 12.3. The van der Waals surface area contributed by atoms with Crippen molar-refractivity contribution in [2.45, 2.75) is 0 Å². The molecule has 17 heavy (non-hydrogen) atoms. The van der Waals surface area contributed by atoms with Gasteiger partial charge < -0.3 is 9.15 Å². The lowest BCUT2D eigenvalue weighted by molar-refractivity contribution is 0.103. The zero-order valence-corrected chi connectivity index (χ0v) is 9.47. The maximum Gasteiger partial charge on any atom is 0.228 e. The lowest BCUT2D eigenvalue weighted by Crippen LogP contribution is -2.00. The molecule has 0 unspecified atom stereocenters. The minimum Gasteiger partial charge on any atom is -0.497 e. The maximum absolute atomic E-state index is 11.9. The van der Waals surface area contributed by atoms with Crippen LogP contribution in [0, 0.1) is 0 Å². The lowest BCUT2D eigenvalue weighted by Gasteiger charge is -2.04. The number of ketones is 1. The number of hydrogen-bond donors (Lipinski definition) is 0. The number of ether oxygens (including phenoxy) is 1. The molecule has 0 N–H and O–H groups in total. The molecule has 3 heteroatoms. The Kier molecular flexibility index (Phi) is 3.10. The number of furan rings is 1. The molecule has 0 saturated carbocycles. The van der Waals surface area contributed by atoms with Crippen LogP contribution in [0.2, 0.25) is 0 Å². The Morgan fingerprint density at radius 2 is 1.94 bits per heavy atom. The molecule has 0 aliphatic heterocycles. The van der Waals surface area contributed by atoms with E-state index < -0.39 is 0 Å². The second-order valence-electron chi connectivity index (χ2n) is 3.51. The van der Waals surface area contributed by atoms with Crippen LogP contribution >= 0.6 is 0 Å². The summed E-state index contributed by atoms with van der Waals surface area (Å²) in [5, 5.41) is 0. The van der Waals surface area contributed by atoms with Crippen LogP contribution in [0.25, 0.3) is 5.57 Å². The predicted octanol–water partition coefficient (Wildman–Crippen LogP) is 3.18. The second-order valence-corrected chi connectivity index (χ2v) is 3.51. The third kappa shape index (κ3) is 2.28.